The van der Waals surface area contributed by atoms with Crippen molar-refractivity contribution >= 4 is 38.2 Å². The van der Waals surface area contributed by atoms with Crippen molar-refractivity contribution in [1.29, 1.82) is 0 Å². The highest BCUT2D eigenvalue weighted by molar-refractivity contribution is 7.89. The molecule has 2 aromatic carbocycles. The monoisotopic (exact) mass is 434 g/mol. The highest BCUT2D eigenvalue weighted by Crippen LogP contribution is 2.22. The maximum absolute atomic E-state index is 12.8. The summed E-state index contributed by atoms with van der Waals surface area (Å²) < 4.78 is 28.2. The predicted molar refractivity (Wildman–Crippen MR) is 122 cm³/mol. The molecule has 2 aromatic heterocycles. The van der Waals surface area contributed by atoms with Crippen LogP contribution in [0.4, 0.5) is 17.5 Å². The van der Waals surface area contributed by atoms with Crippen molar-refractivity contribution in [3.8, 4) is 0 Å². The van der Waals surface area contributed by atoms with Gasteiger partial charge in [0.05, 0.1) is 4.90 Å². The van der Waals surface area contributed by atoms with Crippen molar-refractivity contribution in [3.63, 3.8) is 0 Å². The third-order valence-electron chi connectivity index (χ3n) is 4.52. The predicted octanol–water partition coefficient (Wildman–Crippen LogP) is 3.47. The summed E-state index contributed by atoms with van der Waals surface area (Å²) in [6.07, 6.45) is 1.69. The highest BCUT2D eigenvalue weighted by Gasteiger charge is 2.16. The number of aryl methyl sites for hydroxylation is 1. The topological polar surface area (TPSA) is 109 Å². The summed E-state index contributed by atoms with van der Waals surface area (Å²) in [5.41, 5.74) is 0. The molecule has 9 heteroatoms. The van der Waals surface area contributed by atoms with Crippen LogP contribution in [-0.2, 0) is 10.0 Å². The lowest BCUT2D eigenvalue weighted by Crippen LogP contribution is -2.29. The number of fused-ring (bicyclic) bond motifs is 1. The number of benzene rings is 2. The minimum atomic E-state index is -3.64. The number of sulfonamides is 1. The van der Waals surface area contributed by atoms with E-state index in [1.807, 2.05) is 48.5 Å². The van der Waals surface area contributed by atoms with Gasteiger partial charge in [0.25, 0.3) is 0 Å². The lowest BCUT2D eigenvalue weighted by molar-refractivity contribution is 0.584. The molecular weight excluding hydrogens is 412 g/mol. The van der Waals surface area contributed by atoms with Gasteiger partial charge in [-0.1, -0.05) is 42.5 Å². The first-order chi connectivity index (χ1) is 15.0. The van der Waals surface area contributed by atoms with Crippen LogP contribution in [0.3, 0.4) is 0 Å². The van der Waals surface area contributed by atoms with Gasteiger partial charge in [0, 0.05) is 30.7 Å². The summed E-state index contributed by atoms with van der Waals surface area (Å²) in [6.45, 7) is 2.36. The number of aromatic nitrogens is 3. The number of rotatable bonds is 8. The Morgan fingerprint density at radius 3 is 2.45 bits per heavy atom. The van der Waals surface area contributed by atoms with Gasteiger partial charge in [-0.15, -0.1) is 0 Å². The standard InChI is InChI=1S/C22H22N6O2S/c1-16-26-21(15-22(27-16)28-20-11-4-5-12-23-20)24-13-14-25-31(29,30)19-10-6-8-17-7-2-3-9-18(17)19/h2-12,15,25H,13-14H2,1H3,(H2,23,24,26,27,28). The van der Waals surface area contributed by atoms with E-state index in [4.69, 9.17) is 0 Å². The van der Waals surface area contributed by atoms with Crippen LogP contribution in [0.2, 0.25) is 0 Å². The fourth-order valence-electron chi connectivity index (χ4n) is 3.17. The smallest absolute Gasteiger partial charge is 0.241 e. The Bertz CT molecular complexity index is 1290. The van der Waals surface area contributed by atoms with Crippen molar-refractivity contribution in [1.82, 2.24) is 19.7 Å². The molecule has 8 nitrogen and oxygen atoms in total. The Kier molecular flexibility index (Phi) is 6.06. The largest absolute Gasteiger partial charge is 0.369 e. The van der Waals surface area contributed by atoms with Crippen LogP contribution in [0, 0.1) is 6.92 Å². The second-order valence-electron chi connectivity index (χ2n) is 6.83. The molecule has 31 heavy (non-hydrogen) atoms. The first kappa shape index (κ1) is 20.7. The molecule has 0 aliphatic heterocycles. The van der Waals surface area contributed by atoms with Crippen molar-refractivity contribution in [2.45, 2.75) is 11.8 Å². The van der Waals surface area contributed by atoms with Gasteiger partial charge >= 0.3 is 0 Å². The van der Waals surface area contributed by atoms with E-state index in [0.717, 1.165) is 5.39 Å². The first-order valence-electron chi connectivity index (χ1n) is 9.76. The summed E-state index contributed by atoms with van der Waals surface area (Å²) in [7, 11) is -3.64. The van der Waals surface area contributed by atoms with Crippen LogP contribution in [0.1, 0.15) is 5.82 Å². The zero-order valence-electron chi connectivity index (χ0n) is 16.9. The molecule has 0 aliphatic rings. The van der Waals surface area contributed by atoms with E-state index in [0.29, 0.717) is 35.2 Å². The van der Waals surface area contributed by atoms with Gasteiger partial charge in [0.1, 0.15) is 23.3 Å². The quantitative estimate of drug-likeness (QED) is 0.364. The van der Waals surface area contributed by atoms with Gasteiger partial charge in [0.15, 0.2) is 0 Å². The number of pyridine rings is 1. The average molecular weight is 435 g/mol. The van der Waals surface area contributed by atoms with E-state index in [9.17, 15) is 8.42 Å². The molecule has 4 aromatic rings. The minimum absolute atomic E-state index is 0.206. The van der Waals surface area contributed by atoms with E-state index in [2.05, 4.69) is 30.3 Å². The first-order valence-corrected chi connectivity index (χ1v) is 11.2. The fraction of sp³-hybridized carbons (Fsp3) is 0.136. The van der Waals surface area contributed by atoms with E-state index in [1.165, 1.54) is 0 Å². The number of hydrogen-bond acceptors (Lipinski definition) is 7. The Morgan fingerprint density at radius 2 is 1.61 bits per heavy atom. The lowest BCUT2D eigenvalue weighted by Gasteiger charge is -2.12. The van der Waals surface area contributed by atoms with Gasteiger partial charge in [0.2, 0.25) is 10.0 Å². The molecule has 0 spiro atoms. The molecule has 0 atom stereocenters. The molecule has 0 radical (unpaired) electrons. The van der Waals surface area contributed by atoms with E-state index in [1.54, 1.807) is 31.3 Å². The van der Waals surface area contributed by atoms with Crippen LogP contribution in [0.25, 0.3) is 10.8 Å². The molecule has 0 saturated heterocycles. The van der Waals surface area contributed by atoms with Gasteiger partial charge in [-0.3, -0.25) is 0 Å². The molecule has 0 saturated carbocycles. The van der Waals surface area contributed by atoms with Crippen LogP contribution in [0.15, 0.2) is 77.8 Å². The van der Waals surface area contributed by atoms with E-state index in [-0.39, 0.29) is 11.4 Å². The minimum Gasteiger partial charge on any atom is -0.369 e. The lowest BCUT2D eigenvalue weighted by atomic mass is 10.1. The van der Waals surface area contributed by atoms with Crippen molar-refractivity contribution in [2.24, 2.45) is 0 Å². The Hall–Kier alpha value is -3.56. The zero-order chi connectivity index (χ0) is 21.7. The van der Waals surface area contributed by atoms with Crippen LogP contribution in [0.5, 0.6) is 0 Å². The summed E-state index contributed by atoms with van der Waals surface area (Å²) >= 11 is 0. The molecule has 0 amide bonds. The van der Waals surface area contributed by atoms with Crippen molar-refractivity contribution < 1.29 is 8.42 Å². The maximum Gasteiger partial charge on any atom is 0.241 e. The number of nitrogens with one attached hydrogen (secondary N) is 3. The average Bonchev–Trinajstić information content (AvgIpc) is 2.77. The highest BCUT2D eigenvalue weighted by atomic mass is 32.2. The molecule has 0 fully saturated rings. The fourth-order valence-corrected chi connectivity index (χ4v) is 4.43. The number of anilines is 3. The van der Waals surface area contributed by atoms with Crippen LogP contribution >= 0.6 is 0 Å². The third kappa shape index (κ3) is 5.14. The summed E-state index contributed by atoms with van der Waals surface area (Å²) in [5.74, 6) is 2.45. The van der Waals surface area contributed by atoms with Gasteiger partial charge in [-0.05, 0) is 30.5 Å². The summed E-state index contributed by atoms with van der Waals surface area (Å²) in [6, 6.07) is 20.0. The van der Waals surface area contributed by atoms with E-state index >= 15 is 0 Å². The Balaban J connectivity index is 1.39. The molecular formula is C22H22N6O2S. The van der Waals surface area contributed by atoms with Gasteiger partial charge in [-0.2, -0.15) is 0 Å². The molecule has 3 N–H and O–H groups in total. The van der Waals surface area contributed by atoms with Crippen LogP contribution in [-0.4, -0.2) is 36.5 Å². The van der Waals surface area contributed by atoms with E-state index < -0.39 is 10.0 Å². The number of nitrogens with zero attached hydrogens (tertiary/aromatic N) is 3. The second-order valence-corrected chi connectivity index (χ2v) is 8.56. The maximum atomic E-state index is 12.8. The SMILES string of the molecule is Cc1nc(NCCNS(=O)(=O)c2cccc3ccccc23)cc(Nc2ccccn2)n1. The summed E-state index contributed by atoms with van der Waals surface area (Å²) in [5, 5.41) is 7.84. The number of hydrogen-bond donors (Lipinski definition) is 3. The van der Waals surface area contributed by atoms with Gasteiger partial charge in [-0.25, -0.2) is 28.1 Å². The normalized spacial score (nSPS) is 11.4. The Morgan fingerprint density at radius 1 is 0.839 bits per heavy atom. The zero-order valence-corrected chi connectivity index (χ0v) is 17.7. The third-order valence-corrected chi connectivity index (χ3v) is 6.04. The second kappa shape index (κ2) is 9.07. The Labute approximate surface area is 180 Å². The molecule has 0 aliphatic carbocycles. The molecule has 2 heterocycles. The summed E-state index contributed by atoms with van der Waals surface area (Å²) in [4.78, 5) is 13.2. The van der Waals surface area contributed by atoms with Gasteiger partial charge < -0.3 is 10.6 Å². The van der Waals surface area contributed by atoms with Crippen LogP contribution < -0.4 is 15.4 Å². The van der Waals surface area contributed by atoms with Crippen molar-refractivity contribution in [3.05, 3.63) is 78.8 Å². The molecule has 4 rings (SSSR count). The molecule has 0 bridgehead atoms. The van der Waals surface area contributed by atoms with Crippen molar-refractivity contribution in [2.75, 3.05) is 23.7 Å². The molecule has 0 unspecified atom stereocenters. The molecule has 158 valence electrons.